The van der Waals surface area contributed by atoms with E-state index in [4.69, 9.17) is 0 Å². The van der Waals surface area contributed by atoms with Crippen LogP contribution in [0.3, 0.4) is 0 Å². The molecule has 0 aliphatic heterocycles. The molecule has 0 atom stereocenters. The summed E-state index contributed by atoms with van der Waals surface area (Å²) >= 11 is 0. The summed E-state index contributed by atoms with van der Waals surface area (Å²) in [6, 6.07) is 13.1. The van der Waals surface area contributed by atoms with Crippen LogP contribution in [-0.2, 0) is 9.59 Å². The lowest BCUT2D eigenvalue weighted by Crippen LogP contribution is -2.22. The molecule has 2 amide bonds. The van der Waals surface area contributed by atoms with Crippen molar-refractivity contribution >= 4 is 28.9 Å². The van der Waals surface area contributed by atoms with Crippen LogP contribution in [0.4, 0.5) is 17.1 Å². The summed E-state index contributed by atoms with van der Waals surface area (Å²) in [4.78, 5) is 23.4. The van der Waals surface area contributed by atoms with E-state index in [2.05, 4.69) is 22.0 Å². The monoisotopic (exact) mass is 325 g/mol. The predicted molar refractivity (Wildman–Crippen MR) is 98.4 cm³/mol. The largest absolute Gasteiger partial charge is 0.376 e. The van der Waals surface area contributed by atoms with Crippen molar-refractivity contribution in [2.24, 2.45) is 0 Å². The summed E-state index contributed by atoms with van der Waals surface area (Å²) in [5.74, 6) is -0.162. The van der Waals surface area contributed by atoms with E-state index in [-0.39, 0.29) is 18.4 Å². The number of hydrogen-bond acceptors (Lipinski definition) is 3. The Morgan fingerprint density at radius 3 is 2.00 bits per heavy atom. The molecule has 0 saturated heterocycles. The van der Waals surface area contributed by atoms with Gasteiger partial charge in [0, 0.05) is 23.5 Å². The number of amides is 2. The van der Waals surface area contributed by atoms with Crippen molar-refractivity contribution in [3.8, 4) is 0 Å². The molecule has 0 aliphatic rings. The summed E-state index contributed by atoms with van der Waals surface area (Å²) in [5, 5.41) is 8.73. The summed E-state index contributed by atoms with van der Waals surface area (Å²) < 4.78 is 0. The van der Waals surface area contributed by atoms with Gasteiger partial charge in [-0.2, -0.15) is 0 Å². The van der Waals surface area contributed by atoms with Crippen LogP contribution in [-0.4, -0.2) is 18.4 Å². The number of carbonyl (C=O) groups excluding carboxylic acids is 2. The zero-order chi connectivity index (χ0) is 17.5. The molecule has 0 spiro atoms. The first kappa shape index (κ1) is 17.5. The van der Waals surface area contributed by atoms with Gasteiger partial charge in [0.1, 0.15) is 0 Å². The van der Waals surface area contributed by atoms with E-state index < -0.39 is 0 Å². The minimum atomic E-state index is -0.125. The Balaban J connectivity index is 1.86. The second-order valence-electron chi connectivity index (χ2n) is 5.70. The fraction of sp³-hybridized carbons (Fsp3) is 0.263. The molecular formula is C19H23N3O2. The number of hydrogen-bond donors (Lipinski definition) is 3. The second kappa shape index (κ2) is 8.15. The Bertz CT molecular complexity index is 724. The van der Waals surface area contributed by atoms with Crippen molar-refractivity contribution in [3.63, 3.8) is 0 Å². The lowest BCUT2D eigenvalue weighted by Gasteiger charge is -2.11. The Morgan fingerprint density at radius 1 is 0.875 bits per heavy atom. The van der Waals surface area contributed by atoms with Crippen LogP contribution in [0.1, 0.15) is 24.5 Å². The van der Waals surface area contributed by atoms with Gasteiger partial charge in [-0.25, -0.2) is 0 Å². The molecule has 3 N–H and O–H groups in total. The lowest BCUT2D eigenvalue weighted by molar-refractivity contribution is -0.116. The highest BCUT2D eigenvalue weighted by atomic mass is 16.2. The average molecular weight is 325 g/mol. The molecule has 2 aromatic carbocycles. The standard InChI is InChI=1S/C19H23N3O2/c1-4-18(23)21-15-6-8-16(9-7-15)22-19(24)12-20-17-10-5-13(2)11-14(17)3/h5-11,20H,4,12H2,1-3H3,(H,21,23)(H,22,24). The topological polar surface area (TPSA) is 70.2 Å². The molecule has 2 aromatic rings. The third-order valence-electron chi connectivity index (χ3n) is 3.59. The Kier molecular flexibility index (Phi) is 5.95. The SMILES string of the molecule is CCC(=O)Nc1ccc(NC(=O)CNc2ccc(C)cc2C)cc1. The van der Waals surface area contributed by atoms with Gasteiger partial charge >= 0.3 is 0 Å². The third-order valence-corrected chi connectivity index (χ3v) is 3.59. The van der Waals surface area contributed by atoms with Gasteiger partial charge in [0.25, 0.3) is 0 Å². The van der Waals surface area contributed by atoms with Gasteiger partial charge in [0.05, 0.1) is 6.54 Å². The fourth-order valence-corrected chi connectivity index (χ4v) is 2.28. The number of rotatable bonds is 6. The van der Waals surface area contributed by atoms with Gasteiger partial charge in [0.2, 0.25) is 11.8 Å². The molecule has 0 bridgehead atoms. The maximum atomic E-state index is 12.0. The molecule has 126 valence electrons. The van der Waals surface area contributed by atoms with Crippen LogP contribution in [0.5, 0.6) is 0 Å². The third kappa shape index (κ3) is 5.12. The molecule has 0 radical (unpaired) electrons. The van der Waals surface area contributed by atoms with Crippen LogP contribution >= 0.6 is 0 Å². The van der Waals surface area contributed by atoms with Crippen molar-refractivity contribution in [2.75, 3.05) is 22.5 Å². The lowest BCUT2D eigenvalue weighted by atomic mass is 10.1. The highest BCUT2D eigenvalue weighted by Gasteiger charge is 2.05. The van der Waals surface area contributed by atoms with Crippen molar-refractivity contribution in [3.05, 3.63) is 53.6 Å². The molecule has 0 aliphatic carbocycles. The molecular weight excluding hydrogens is 302 g/mol. The first-order chi connectivity index (χ1) is 11.5. The fourth-order valence-electron chi connectivity index (χ4n) is 2.28. The Labute approximate surface area is 142 Å². The Hall–Kier alpha value is -2.82. The molecule has 0 unspecified atom stereocenters. The van der Waals surface area contributed by atoms with E-state index >= 15 is 0 Å². The molecule has 0 saturated carbocycles. The quantitative estimate of drug-likeness (QED) is 0.758. The number of aryl methyl sites for hydroxylation is 2. The van der Waals surface area contributed by atoms with Crippen molar-refractivity contribution in [1.82, 2.24) is 0 Å². The first-order valence-electron chi connectivity index (χ1n) is 7.99. The number of benzene rings is 2. The van der Waals surface area contributed by atoms with E-state index in [0.717, 1.165) is 11.3 Å². The van der Waals surface area contributed by atoms with E-state index in [1.807, 2.05) is 26.0 Å². The van der Waals surface area contributed by atoms with E-state index in [0.29, 0.717) is 17.8 Å². The molecule has 5 nitrogen and oxygen atoms in total. The smallest absolute Gasteiger partial charge is 0.243 e. The minimum absolute atomic E-state index is 0.0375. The highest BCUT2D eigenvalue weighted by Crippen LogP contribution is 2.16. The first-order valence-corrected chi connectivity index (χ1v) is 7.99. The molecule has 0 fully saturated rings. The number of carbonyl (C=O) groups is 2. The second-order valence-corrected chi connectivity index (χ2v) is 5.70. The highest BCUT2D eigenvalue weighted by molar-refractivity contribution is 5.94. The van der Waals surface area contributed by atoms with Crippen LogP contribution in [0.25, 0.3) is 0 Å². The van der Waals surface area contributed by atoms with Crippen LogP contribution in [0, 0.1) is 13.8 Å². The normalized spacial score (nSPS) is 10.1. The Morgan fingerprint density at radius 2 is 1.46 bits per heavy atom. The molecule has 0 aromatic heterocycles. The van der Waals surface area contributed by atoms with Crippen LogP contribution in [0.15, 0.2) is 42.5 Å². The summed E-state index contributed by atoms with van der Waals surface area (Å²) in [5.41, 5.74) is 4.66. The van der Waals surface area contributed by atoms with Gasteiger partial charge in [-0.05, 0) is 49.7 Å². The van der Waals surface area contributed by atoms with Crippen LogP contribution in [0.2, 0.25) is 0 Å². The number of nitrogens with one attached hydrogen (secondary N) is 3. The van der Waals surface area contributed by atoms with E-state index in [9.17, 15) is 9.59 Å². The van der Waals surface area contributed by atoms with E-state index in [1.54, 1.807) is 31.2 Å². The van der Waals surface area contributed by atoms with Crippen LogP contribution < -0.4 is 16.0 Å². The van der Waals surface area contributed by atoms with Gasteiger partial charge < -0.3 is 16.0 Å². The zero-order valence-electron chi connectivity index (χ0n) is 14.3. The zero-order valence-corrected chi connectivity index (χ0v) is 14.3. The molecule has 5 heteroatoms. The maximum Gasteiger partial charge on any atom is 0.243 e. The van der Waals surface area contributed by atoms with Gasteiger partial charge in [0.15, 0.2) is 0 Å². The summed E-state index contributed by atoms with van der Waals surface area (Å²) in [7, 11) is 0. The average Bonchev–Trinajstić information content (AvgIpc) is 2.55. The van der Waals surface area contributed by atoms with Gasteiger partial charge in [-0.3, -0.25) is 9.59 Å². The maximum absolute atomic E-state index is 12.0. The van der Waals surface area contributed by atoms with Crippen molar-refractivity contribution < 1.29 is 9.59 Å². The summed E-state index contributed by atoms with van der Waals surface area (Å²) in [6.07, 6.45) is 0.433. The predicted octanol–water partition coefficient (Wildman–Crippen LogP) is 3.70. The van der Waals surface area contributed by atoms with Crippen molar-refractivity contribution in [1.29, 1.82) is 0 Å². The van der Waals surface area contributed by atoms with Gasteiger partial charge in [-0.15, -0.1) is 0 Å². The molecule has 2 rings (SSSR count). The molecule has 0 heterocycles. The summed E-state index contributed by atoms with van der Waals surface area (Å²) in [6.45, 7) is 6.04. The molecule has 24 heavy (non-hydrogen) atoms. The minimum Gasteiger partial charge on any atom is -0.376 e. The van der Waals surface area contributed by atoms with Gasteiger partial charge in [-0.1, -0.05) is 24.6 Å². The number of anilines is 3. The van der Waals surface area contributed by atoms with E-state index in [1.165, 1.54) is 5.56 Å². The van der Waals surface area contributed by atoms with Crippen molar-refractivity contribution in [2.45, 2.75) is 27.2 Å².